The quantitative estimate of drug-likeness (QED) is 0.369. The molecule has 1 saturated heterocycles. The summed E-state index contributed by atoms with van der Waals surface area (Å²) in [5.74, 6) is -0.505. The number of aryl methyl sites for hydroxylation is 1. The van der Waals surface area contributed by atoms with E-state index in [2.05, 4.69) is 34.4 Å². The second kappa shape index (κ2) is 10.3. The topological polar surface area (TPSA) is 93.0 Å². The SMILES string of the molecule is COCCOc1ccc2c(N3CC(C)NC(C)C3)ccc(C(=O)Nc3cc(F)c4nc(C)cn4c3)c2n1. The molecular weight excluding hydrogens is 475 g/mol. The van der Waals surface area contributed by atoms with E-state index in [1.54, 1.807) is 36.9 Å². The summed E-state index contributed by atoms with van der Waals surface area (Å²) in [5.41, 5.74) is 3.11. The molecular formula is C27H31FN6O3. The Morgan fingerprint density at radius 1 is 1.14 bits per heavy atom. The van der Waals surface area contributed by atoms with E-state index in [0.29, 0.717) is 53.6 Å². The Morgan fingerprint density at radius 2 is 1.92 bits per heavy atom. The van der Waals surface area contributed by atoms with Crippen molar-refractivity contribution in [2.75, 3.05) is 43.6 Å². The molecule has 0 radical (unpaired) electrons. The predicted octanol–water partition coefficient (Wildman–Crippen LogP) is 3.79. The molecule has 5 rings (SSSR count). The molecule has 194 valence electrons. The summed E-state index contributed by atoms with van der Waals surface area (Å²) >= 11 is 0. The van der Waals surface area contributed by atoms with Gasteiger partial charge in [-0.2, -0.15) is 0 Å². The maximum atomic E-state index is 14.6. The first-order valence-corrected chi connectivity index (χ1v) is 12.3. The number of carbonyl (C=O) groups excluding carboxylic acids is 1. The maximum Gasteiger partial charge on any atom is 0.257 e. The number of pyridine rings is 2. The highest BCUT2D eigenvalue weighted by molar-refractivity contribution is 6.14. The number of halogens is 1. The molecule has 37 heavy (non-hydrogen) atoms. The predicted molar refractivity (Wildman–Crippen MR) is 141 cm³/mol. The van der Waals surface area contributed by atoms with Gasteiger partial charge in [0.15, 0.2) is 11.5 Å². The maximum absolute atomic E-state index is 14.6. The number of nitrogens with one attached hydrogen (secondary N) is 2. The van der Waals surface area contributed by atoms with Crippen molar-refractivity contribution < 1.29 is 18.7 Å². The summed E-state index contributed by atoms with van der Waals surface area (Å²) in [6.07, 6.45) is 3.35. The Labute approximate surface area is 214 Å². The highest BCUT2D eigenvalue weighted by Crippen LogP contribution is 2.32. The molecule has 2 N–H and O–H groups in total. The van der Waals surface area contributed by atoms with Crippen molar-refractivity contribution in [3.05, 3.63) is 59.8 Å². The van der Waals surface area contributed by atoms with Crippen molar-refractivity contribution in [3.8, 4) is 5.88 Å². The molecule has 2 unspecified atom stereocenters. The van der Waals surface area contributed by atoms with E-state index < -0.39 is 11.7 Å². The number of benzene rings is 1. The second-order valence-electron chi connectivity index (χ2n) is 9.54. The number of ether oxygens (including phenoxy) is 2. The first kappa shape index (κ1) is 24.9. The molecule has 3 aromatic heterocycles. The van der Waals surface area contributed by atoms with Crippen LogP contribution in [0.25, 0.3) is 16.6 Å². The van der Waals surface area contributed by atoms with Crippen LogP contribution in [-0.4, -0.2) is 65.8 Å². The zero-order valence-corrected chi connectivity index (χ0v) is 21.4. The molecule has 10 heteroatoms. The average molecular weight is 507 g/mol. The molecule has 0 aliphatic carbocycles. The van der Waals surface area contributed by atoms with Gasteiger partial charge < -0.3 is 29.4 Å². The number of carbonyl (C=O) groups is 1. The summed E-state index contributed by atoms with van der Waals surface area (Å²) in [6, 6.07) is 9.39. The number of nitrogens with zero attached hydrogens (tertiary/aromatic N) is 4. The number of amides is 1. The molecule has 4 heterocycles. The number of anilines is 2. The molecule has 1 amide bonds. The minimum absolute atomic E-state index is 0.212. The van der Waals surface area contributed by atoms with E-state index in [0.717, 1.165) is 24.2 Å². The number of imidazole rings is 1. The number of piperazine rings is 1. The second-order valence-corrected chi connectivity index (χ2v) is 9.54. The van der Waals surface area contributed by atoms with Crippen LogP contribution in [0.3, 0.4) is 0 Å². The van der Waals surface area contributed by atoms with Gasteiger partial charge in [0.25, 0.3) is 5.91 Å². The third-order valence-electron chi connectivity index (χ3n) is 6.37. The van der Waals surface area contributed by atoms with Crippen molar-refractivity contribution in [2.24, 2.45) is 0 Å². The normalized spacial score (nSPS) is 17.9. The third-order valence-corrected chi connectivity index (χ3v) is 6.37. The molecule has 1 fully saturated rings. The monoisotopic (exact) mass is 506 g/mol. The molecule has 1 aliphatic heterocycles. The van der Waals surface area contributed by atoms with Gasteiger partial charge in [0.2, 0.25) is 5.88 Å². The first-order chi connectivity index (χ1) is 17.8. The van der Waals surface area contributed by atoms with Crippen LogP contribution in [-0.2, 0) is 4.74 Å². The van der Waals surface area contributed by atoms with Crippen molar-refractivity contribution in [1.29, 1.82) is 0 Å². The van der Waals surface area contributed by atoms with Crippen LogP contribution < -0.4 is 20.3 Å². The lowest BCUT2D eigenvalue weighted by molar-refractivity contribution is 0.102. The van der Waals surface area contributed by atoms with E-state index in [9.17, 15) is 9.18 Å². The summed E-state index contributed by atoms with van der Waals surface area (Å²) in [6.45, 7) is 8.53. The fourth-order valence-corrected chi connectivity index (χ4v) is 4.92. The molecule has 1 aromatic carbocycles. The average Bonchev–Trinajstić information content (AvgIpc) is 3.23. The van der Waals surface area contributed by atoms with Gasteiger partial charge in [0, 0.05) is 67.9 Å². The first-order valence-electron chi connectivity index (χ1n) is 12.3. The number of rotatable bonds is 7. The Kier molecular flexibility index (Phi) is 6.94. The Bertz CT molecular complexity index is 1450. The standard InChI is InChI=1S/C27H31FN6O3/c1-16-12-33(13-17(2)29-16)23-7-5-21(25-20(23)6-8-24(32-25)37-10-9-36-4)27(35)31-19-11-22(28)26-30-18(3)14-34(26)15-19/h5-8,11,14-17,29H,9-10,12-13H2,1-4H3,(H,31,35). The molecule has 4 aromatic rings. The molecule has 1 aliphatic rings. The minimum Gasteiger partial charge on any atom is -0.475 e. The number of hydrogen-bond acceptors (Lipinski definition) is 7. The Morgan fingerprint density at radius 3 is 2.68 bits per heavy atom. The zero-order valence-electron chi connectivity index (χ0n) is 21.4. The smallest absolute Gasteiger partial charge is 0.257 e. The largest absolute Gasteiger partial charge is 0.475 e. The lowest BCUT2D eigenvalue weighted by Gasteiger charge is -2.38. The highest BCUT2D eigenvalue weighted by atomic mass is 19.1. The van der Waals surface area contributed by atoms with Crippen LogP contribution >= 0.6 is 0 Å². The van der Waals surface area contributed by atoms with E-state index in [1.165, 1.54) is 6.07 Å². The van der Waals surface area contributed by atoms with Gasteiger partial charge in [-0.15, -0.1) is 0 Å². The molecule has 0 spiro atoms. The van der Waals surface area contributed by atoms with Gasteiger partial charge in [-0.3, -0.25) is 4.79 Å². The Balaban J connectivity index is 1.53. The lowest BCUT2D eigenvalue weighted by atomic mass is 10.0. The zero-order chi connectivity index (χ0) is 26.1. The van der Waals surface area contributed by atoms with Crippen LogP contribution in [0.1, 0.15) is 29.9 Å². The summed E-state index contributed by atoms with van der Waals surface area (Å²) in [4.78, 5) is 24.6. The van der Waals surface area contributed by atoms with Crippen molar-refractivity contribution in [3.63, 3.8) is 0 Å². The number of fused-ring (bicyclic) bond motifs is 2. The fraction of sp³-hybridized carbons (Fsp3) is 0.370. The van der Waals surface area contributed by atoms with Gasteiger partial charge in [-0.05, 0) is 39.0 Å². The number of aromatic nitrogens is 3. The van der Waals surface area contributed by atoms with E-state index in [1.807, 2.05) is 18.2 Å². The summed E-state index contributed by atoms with van der Waals surface area (Å²) in [7, 11) is 1.60. The van der Waals surface area contributed by atoms with E-state index in [-0.39, 0.29) is 5.65 Å². The molecule has 0 saturated carbocycles. The number of methoxy groups -OCH3 is 1. The van der Waals surface area contributed by atoms with E-state index in [4.69, 9.17) is 14.5 Å². The van der Waals surface area contributed by atoms with Crippen molar-refractivity contribution in [2.45, 2.75) is 32.9 Å². The summed E-state index contributed by atoms with van der Waals surface area (Å²) in [5, 5.41) is 7.22. The molecule has 2 atom stereocenters. The van der Waals surface area contributed by atoms with Crippen LogP contribution in [0.15, 0.2) is 42.7 Å². The van der Waals surface area contributed by atoms with Gasteiger partial charge >= 0.3 is 0 Å². The Hall–Kier alpha value is -3.76. The number of hydrogen-bond donors (Lipinski definition) is 2. The highest BCUT2D eigenvalue weighted by Gasteiger charge is 2.24. The van der Waals surface area contributed by atoms with E-state index >= 15 is 0 Å². The molecule has 9 nitrogen and oxygen atoms in total. The summed E-state index contributed by atoms with van der Waals surface area (Å²) < 4.78 is 27.0. The molecule has 0 bridgehead atoms. The van der Waals surface area contributed by atoms with Crippen molar-refractivity contribution in [1.82, 2.24) is 19.7 Å². The fourth-order valence-electron chi connectivity index (χ4n) is 4.92. The van der Waals surface area contributed by atoms with Crippen LogP contribution in [0.4, 0.5) is 15.8 Å². The lowest BCUT2D eigenvalue weighted by Crippen LogP contribution is -2.54. The third kappa shape index (κ3) is 5.21. The van der Waals surface area contributed by atoms with Gasteiger partial charge in [0.05, 0.1) is 29.1 Å². The van der Waals surface area contributed by atoms with Gasteiger partial charge in [0.1, 0.15) is 6.61 Å². The van der Waals surface area contributed by atoms with Crippen molar-refractivity contribution >= 4 is 33.8 Å². The van der Waals surface area contributed by atoms with Crippen LogP contribution in [0.5, 0.6) is 5.88 Å². The van der Waals surface area contributed by atoms with Crippen LogP contribution in [0, 0.1) is 12.7 Å². The minimum atomic E-state index is -0.514. The van der Waals surface area contributed by atoms with Gasteiger partial charge in [-0.25, -0.2) is 14.4 Å². The van der Waals surface area contributed by atoms with Crippen LogP contribution in [0.2, 0.25) is 0 Å². The van der Waals surface area contributed by atoms with Gasteiger partial charge in [-0.1, -0.05) is 0 Å².